The third kappa shape index (κ3) is 4.69. The fourth-order valence-corrected chi connectivity index (χ4v) is 7.10. The molecule has 0 aliphatic carbocycles. The van der Waals surface area contributed by atoms with Crippen molar-refractivity contribution < 1.29 is 9.64 Å². The molecule has 0 amide bonds. The summed E-state index contributed by atoms with van der Waals surface area (Å²) in [6.45, 7) is 16.4. The topological polar surface area (TPSA) is 16.9 Å². The van der Waals surface area contributed by atoms with Gasteiger partial charge in [0.1, 0.15) is 17.5 Å². The average molecular weight is 524 g/mol. The van der Waals surface area contributed by atoms with Crippen LogP contribution >= 0.6 is 0 Å². The Morgan fingerprint density at radius 1 is 0.949 bits per heavy atom. The number of ether oxygens (including phenoxy) is 1. The lowest BCUT2D eigenvalue weighted by molar-refractivity contribution is -0.850. The van der Waals surface area contributed by atoms with Gasteiger partial charge in [-0.1, -0.05) is 76.9 Å². The summed E-state index contributed by atoms with van der Waals surface area (Å²) in [6.07, 6.45) is 12.1. The molecule has 3 aromatic carbocycles. The summed E-state index contributed by atoms with van der Waals surface area (Å²) in [5.41, 5.74) is 7.05. The van der Waals surface area contributed by atoms with E-state index in [2.05, 4.69) is 119 Å². The highest BCUT2D eigenvalue weighted by atomic mass is 16.5. The molecule has 2 atom stereocenters. The molecule has 0 aromatic heterocycles. The standard InChI is InChI=1S/C36H46N2O/c1-8-10-23-37-30-22-20-27(39-7)25-29(30)35(3,4)32(37)17-14-18-33-36(5,6)34-28-16-13-12-15-26(28)19-21-31(34)38(33)24-11-9-2/h12-22,25,32H,8-11,23-24H2,1-7H3/p+1. The van der Waals surface area contributed by atoms with Crippen LogP contribution in [0.4, 0.5) is 11.4 Å². The third-order valence-corrected chi connectivity index (χ3v) is 9.27. The van der Waals surface area contributed by atoms with Crippen LogP contribution in [0.2, 0.25) is 0 Å². The summed E-state index contributed by atoms with van der Waals surface area (Å²) in [6, 6.07) is 20.6. The van der Waals surface area contributed by atoms with Gasteiger partial charge in [-0.25, -0.2) is 0 Å². The minimum Gasteiger partial charge on any atom is -0.497 e. The fourth-order valence-electron chi connectivity index (χ4n) is 7.10. The number of anilines is 1. The van der Waals surface area contributed by atoms with E-state index in [4.69, 9.17) is 4.74 Å². The highest BCUT2D eigenvalue weighted by molar-refractivity contribution is 5.94. The Labute approximate surface area is 236 Å². The van der Waals surface area contributed by atoms with E-state index in [0.717, 1.165) is 18.8 Å². The molecule has 5 rings (SSSR count). The molecule has 2 aliphatic rings. The highest BCUT2D eigenvalue weighted by Crippen LogP contribution is 2.51. The second-order valence-corrected chi connectivity index (χ2v) is 12.5. The highest BCUT2D eigenvalue weighted by Gasteiger charge is 2.48. The van der Waals surface area contributed by atoms with E-state index >= 15 is 0 Å². The number of hydrogen-bond donors (Lipinski definition) is 1. The van der Waals surface area contributed by atoms with Crippen molar-refractivity contribution in [3.63, 3.8) is 0 Å². The van der Waals surface area contributed by atoms with E-state index in [1.165, 1.54) is 64.7 Å². The normalized spacial score (nSPS) is 22.1. The molecule has 0 radical (unpaired) electrons. The van der Waals surface area contributed by atoms with Gasteiger partial charge in [0.25, 0.3) is 0 Å². The van der Waals surface area contributed by atoms with Crippen LogP contribution in [0.3, 0.4) is 0 Å². The molecule has 2 aliphatic heterocycles. The zero-order valence-electron chi connectivity index (χ0n) is 25.1. The van der Waals surface area contributed by atoms with Crippen LogP contribution in [-0.4, -0.2) is 26.2 Å². The first-order valence-electron chi connectivity index (χ1n) is 15.0. The number of unbranched alkanes of at least 4 members (excludes halogenated alkanes) is 2. The van der Waals surface area contributed by atoms with Crippen molar-refractivity contribution in [1.82, 2.24) is 0 Å². The molecule has 0 saturated heterocycles. The molecule has 206 valence electrons. The Hall–Kier alpha value is -3.04. The maximum Gasteiger partial charge on any atom is 0.135 e. The zero-order valence-corrected chi connectivity index (χ0v) is 25.1. The number of methoxy groups -OCH3 is 1. The van der Waals surface area contributed by atoms with E-state index in [1.807, 2.05) is 0 Å². The fraction of sp³-hybridized carbons (Fsp3) is 0.444. The SMILES string of the molecule is CCCCN1C(=CC=CC2[NH+](CCCC)c3ccc(OC)cc3C2(C)C)C(C)(C)c2c1ccc1ccccc21. The number of rotatable bonds is 9. The van der Waals surface area contributed by atoms with E-state index in [-0.39, 0.29) is 10.8 Å². The second kappa shape index (κ2) is 10.8. The van der Waals surface area contributed by atoms with Gasteiger partial charge in [-0.2, -0.15) is 0 Å². The van der Waals surface area contributed by atoms with Crippen molar-refractivity contribution in [3.05, 3.63) is 89.6 Å². The predicted octanol–water partition coefficient (Wildman–Crippen LogP) is 7.86. The molecular formula is C36H47N2O+. The van der Waals surface area contributed by atoms with Crippen molar-refractivity contribution in [2.45, 2.75) is 84.1 Å². The molecule has 3 nitrogen and oxygen atoms in total. The van der Waals surface area contributed by atoms with Crippen molar-refractivity contribution in [2.24, 2.45) is 0 Å². The molecule has 2 unspecified atom stereocenters. The van der Waals surface area contributed by atoms with Gasteiger partial charge in [0.05, 0.1) is 19.1 Å². The first-order valence-corrected chi connectivity index (χ1v) is 15.0. The number of hydrogen-bond acceptors (Lipinski definition) is 2. The van der Waals surface area contributed by atoms with Gasteiger partial charge in [-0.15, -0.1) is 0 Å². The molecule has 1 N–H and O–H groups in total. The molecule has 0 fully saturated rings. The van der Waals surface area contributed by atoms with Crippen LogP contribution in [0.1, 0.15) is 78.4 Å². The van der Waals surface area contributed by atoms with Crippen LogP contribution in [0.5, 0.6) is 5.75 Å². The average Bonchev–Trinajstić information content (AvgIpc) is 3.28. The van der Waals surface area contributed by atoms with Crippen molar-refractivity contribution in [3.8, 4) is 5.75 Å². The Balaban J connectivity index is 1.55. The lowest BCUT2D eigenvalue weighted by atomic mass is 9.79. The number of nitrogens with zero attached hydrogens (tertiary/aromatic N) is 1. The maximum absolute atomic E-state index is 5.62. The molecule has 3 aromatic rings. The summed E-state index contributed by atoms with van der Waals surface area (Å²) in [5, 5.41) is 2.71. The number of benzene rings is 3. The monoisotopic (exact) mass is 523 g/mol. The van der Waals surface area contributed by atoms with Gasteiger partial charge in [-0.05, 0) is 73.4 Å². The Kier molecular flexibility index (Phi) is 7.66. The van der Waals surface area contributed by atoms with Crippen LogP contribution in [0.25, 0.3) is 10.8 Å². The van der Waals surface area contributed by atoms with Crippen LogP contribution in [0.15, 0.2) is 78.5 Å². The van der Waals surface area contributed by atoms with Gasteiger partial charge < -0.3 is 9.64 Å². The summed E-state index contributed by atoms with van der Waals surface area (Å²) in [4.78, 5) is 4.17. The van der Waals surface area contributed by atoms with E-state index in [1.54, 1.807) is 12.0 Å². The Morgan fingerprint density at radius 3 is 2.46 bits per heavy atom. The first kappa shape index (κ1) is 27.5. The van der Waals surface area contributed by atoms with Gasteiger partial charge in [0, 0.05) is 35.0 Å². The number of allylic oxidation sites excluding steroid dienone is 3. The summed E-state index contributed by atoms with van der Waals surface area (Å²) in [7, 11) is 1.77. The number of fused-ring (bicyclic) bond motifs is 4. The van der Waals surface area contributed by atoms with Gasteiger partial charge >= 0.3 is 0 Å². The molecule has 0 spiro atoms. The predicted molar refractivity (Wildman–Crippen MR) is 167 cm³/mol. The van der Waals surface area contributed by atoms with Gasteiger partial charge in [0.15, 0.2) is 0 Å². The molecule has 2 heterocycles. The quantitative estimate of drug-likeness (QED) is 0.307. The molecular weight excluding hydrogens is 476 g/mol. The minimum atomic E-state index is -0.0649. The van der Waals surface area contributed by atoms with Crippen molar-refractivity contribution in [2.75, 3.05) is 25.1 Å². The Bertz CT molecular complexity index is 1400. The summed E-state index contributed by atoms with van der Waals surface area (Å²) >= 11 is 0. The second-order valence-electron chi connectivity index (χ2n) is 12.5. The molecule has 39 heavy (non-hydrogen) atoms. The van der Waals surface area contributed by atoms with Crippen LogP contribution in [0, 0.1) is 0 Å². The smallest absolute Gasteiger partial charge is 0.135 e. The Morgan fingerprint density at radius 2 is 1.72 bits per heavy atom. The van der Waals surface area contributed by atoms with Gasteiger partial charge in [-0.3, -0.25) is 4.90 Å². The third-order valence-electron chi connectivity index (χ3n) is 9.27. The van der Waals surface area contributed by atoms with E-state index in [9.17, 15) is 0 Å². The van der Waals surface area contributed by atoms with Crippen molar-refractivity contribution >= 4 is 22.1 Å². The molecule has 0 bridgehead atoms. The van der Waals surface area contributed by atoms with Gasteiger partial charge in [0.2, 0.25) is 0 Å². The number of quaternary nitrogens is 1. The van der Waals surface area contributed by atoms with E-state index in [0.29, 0.717) is 6.04 Å². The zero-order chi connectivity index (χ0) is 27.8. The maximum atomic E-state index is 5.62. The first-order chi connectivity index (χ1) is 18.7. The van der Waals surface area contributed by atoms with Crippen molar-refractivity contribution in [1.29, 1.82) is 0 Å². The van der Waals surface area contributed by atoms with Crippen LogP contribution < -0.4 is 14.5 Å². The lowest BCUT2D eigenvalue weighted by Gasteiger charge is -2.28. The molecule has 3 heteroatoms. The minimum absolute atomic E-state index is 0.0220. The summed E-state index contributed by atoms with van der Waals surface area (Å²) < 4.78 is 5.62. The molecule has 0 saturated carbocycles. The van der Waals surface area contributed by atoms with Crippen LogP contribution in [-0.2, 0) is 10.8 Å². The van der Waals surface area contributed by atoms with E-state index < -0.39 is 0 Å². The number of nitrogens with one attached hydrogen (secondary N) is 1. The lowest BCUT2D eigenvalue weighted by Crippen LogP contribution is -3.10. The largest absolute Gasteiger partial charge is 0.497 e. The summed E-state index contributed by atoms with van der Waals surface area (Å²) in [5.74, 6) is 0.952.